The van der Waals surface area contributed by atoms with Crippen LogP contribution in [0.15, 0.2) is 30.0 Å². The van der Waals surface area contributed by atoms with Crippen molar-refractivity contribution in [3.63, 3.8) is 0 Å². The fourth-order valence-corrected chi connectivity index (χ4v) is 2.00. The smallest absolute Gasteiger partial charge is 0.343 e. The van der Waals surface area contributed by atoms with E-state index < -0.39 is 17.7 Å². The van der Waals surface area contributed by atoms with Crippen LogP contribution in [0.3, 0.4) is 0 Å². The first-order valence-electron chi connectivity index (χ1n) is 7.42. The maximum absolute atomic E-state index is 12.0. The van der Waals surface area contributed by atoms with Crippen LogP contribution in [0.5, 0.6) is 0 Å². The normalized spacial score (nSPS) is 11.2. The molecular formula is C17H20ClNO5. The Labute approximate surface area is 145 Å². The van der Waals surface area contributed by atoms with Gasteiger partial charge in [-0.05, 0) is 39.8 Å². The van der Waals surface area contributed by atoms with Crippen molar-refractivity contribution >= 4 is 35.0 Å². The van der Waals surface area contributed by atoms with E-state index in [2.05, 4.69) is 5.32 Å². The van der Waals surface area contributed by atoms with Crippen molar-refractivity contribution in [2.45, 2.75) is 33.8 Å². The second-order valence-electron chi connectivity index (χ2n) is 5.10. The molecular weight excluding hydrogens is 334 g/mol. The van der Waals surface area contributed by atoms with Crippen LogP contribution in [0, 0.1) is 0 Å². The summed E-state index contributed by atoms with van der Waals surface area (Å²) in [7, 11) is 0. The number of nitrogens with one attached hydrogen (secondary N) is 1. The zero-order valence-electron chi connectivity index (χ0n) is 14.0. The maximum atomic E-state index is 12.0. The second-order valence-corrected chi connectivity index (χ2v) is 5.48. The van der Waals surface area contributed by atoms with Crippen LogP contribution in [0.2, 0.25) is 5.02 Å². The molecule has 1 aromatic rings. The van der Waals surface area contributed by atoms with E-state index in [0.717, 1.165) is 0 Å². The molecule has 0 radical (unpaired) electrons. The summed E-state index contributed by atoms with van der Waals surface area (Å²) in [6, 6.07) is 4.74. The fourth-order valence-electron chi connectivity index (χ4n) is 1.74. The van der Waals surface area contributed by atoms with Crippen molar-refractivity contribution in [2.75, 3.05) is 11.9 Å². The third-order valence-electron chi connectivity index (χ3n) is 2.81. The lowest BCUT2D eigenvalue weighted by Crippen LogP contribution is -2.15. The number of ether oxygens (including phenoxy) is 2. The number of ketones is 1. The fraction of sp³-hybridized carbons (Fsp3) is 0.353. The third-order valence-corrected chi connectivity index (χ3v) is 3.22. The van der Waals surface area contributed by atoms with E-state index in [4.69, 9.17) is 21.1 Å². The second kappa shape index (κ2) is 9.08. The highest BCUT2D eigenvalue weighted by Crippen LogP contribution is 2.27. The predicted molar refractivity (Wildman–Crippen MR) is 91.0 cm³/mol. The Morgan fingerprint density at radius 1 is 1.29 bits per heavy atom. The summed E-state index contributed by atoms with van der Waals surface area (Å²) in [5.74, 6) is -1.74. The van der Waals surface area contributed by atoms with Crippen LogP contribution < -0.4 is 5.32 Å². The summed E-state index contributed by atoms with van der Waals surface area (Å²) in [5.41, 5.74) is 0.394. The van der Waals surface area contributed by atoms with Gasteiger partial charge in [0.25, 0.3) is 0 Å². The van der Waals surface area contributed by atoms with E-state index in [0.29, 0.717) is 5.69 Å². The molecule has 0 aliphatic heterocycles. The SMILES string of the molecule is CCOC(=O)C(=CNc1cccc(C(=O)OC(C)C)c1Cl)C(C)=O. The molecule has 0 bridgehead atoms. The van der Waals surface area contributed by atoms with Crippen molar-refractivity contribution in [1.82, 2.24) is 0 Å². The molecule has 130 valence electrons. The van der Waals surface area contributed by atoms with Gasteiger partial charge < -0.3 is 14.8 Å². The molecule has 0 aromatic heterocycles. The van der Waals surface area contributed by atoms with Gasteiger partial charge in [-0.1, -0.05) is 17.7 Å². The molecule has 1 aromatic carbocycles. The lowest BCUT2D eigenvalue weighted by molar-refractivity contribution is -0.139. The molecule has 1 N–H and O–H groups in total. The van der Waals surface area contributed by atoms with E-state index >= 15 is 0 Å². The number of carbonyl (C=O) groups excluding carboxylic acids is 3. The van der Waals surface area contributed by atoms with Gasteiger partial charge in [0, 0.05) is 6.20 Å². The number of halogens is 1. The van der Waals surface area contributed by atoms with Crippen LogP contribution in [0.25, 0.3) is 0 Å². The molecule has 0 atom stereocenters. The Balaban J connectivity index is 3.07. The van der Waals surface area contributed by atoms with E-state index in [1.54, 1.807) is 32.9 Å². The van der Waals surface area contributed by atoms with Gasteiger partial charge in [0.05, 0.1) is 29.0 Å². The number of Topliss-reactive ketones (excluding diaryl/α,β-unsaturated/α-hetero) is 1. The van der Waals surface area contributed by atoms with Gasteiger partial charge >= 0.3 is 11.9 Å². The number of esters is 2. The van der Waals surface area contributed by atoms with E-state index in [1.807, 2.05) is 0 Å². The number of anilines is 1. The van der Waals surface area contributed by atoms with Gasteiger partial charge in [-0.3, -0.25) is 4.79 Å². The highest BCUT2D eigenvalue weighted by Gasteiger charge is 2.18. The molecule has 0 amide bonds. The van der Waals surface area contributed by atoms with Crippen LogP contribution >= 0.6 is 11.6 Å². The minimum absolute atomic E-state index is 0.131. The Morgan fingerprint density at radius 3 is 2.50 bits per heavy atom. The van der Waals surface area contributed by atoms with Crippen LogP contribution in [0.4, 0.5) is 5.69 Å². The molecule has 0 aliphatic carbocycles. The highest BCUT2D eigenvalue weighted by molar-refractivity contribution is 6.36. The molecule has 1 rings (SSSR count). The Bertz CT molecular complexity index is 667. The number of hydrogen-bond acceptors (Lipinski definition) is 6. The minimum atomic E-state index is -0.732. The van der Waals surface area contributed by atoms with Gasteiger partial charge in [-0.25, -0.2) is 9.59 Å². The summed E-state index contributed by atoms with van der Waals surface area (Å²) in [6.07, 6.45) is 0.928. The van der Waals surface area contributed by atoms with E-state index in [9.17, 15) is 14.4 Å². The highest BCUT2D eigenvalue weighted by atomic mass is 35.5. The lowest BCUT2D eigenvalue weighted by atomic mass is 10.2. The molecule has 0 fully saturated rings. The number of carbonyl (C=O) groups is 3. The van der Waals surface area contributed by atoms with Crippen molar-refractivity contribution in [2.24, 2.45) is 0 Å². The molecule has 0 aliphatic rings. The van der Waals surface area contributed by atoms with Crippen LogP contribution in [-0.2, 0) is 19.1 Å². The van der Waals surface area contributed by atoms with Gasteiger partial charge in [0.1, 0.15) is 5.57 Å². The van der Waals surface area contributed by atoms with Crippen LogP contribution in [0.1, 0.15) is 38.1 Å². The third kappa shape index (κ3) is 5.38. The Hall–Kier alpha value is -2.34. The molecule has 0 unspecified atom stereocenters. The molecule has 7 heteroatoms. The Morgan fingerprint density at radius 2 is 1.96 bits per heavy atom. The first kappa shape index (κ1) is 19.7. The van der Waals surface area contributed by atoms with Gasteiger partial charge in [-0.15, -0.1) is 0 Å². The van der Waals surface area contributed by atoms with Crippen LogP contribution in [-0.4, -0.2) is 30.4 Å². The quantitative estimate of drug-likeness (QED) is 0.350. The predicted octanol–water partition coefficient (Wildman–Crippen LogP) is 3.35. The molecule has 0 saturated heterocycles. The zero-order valence-corrected chi connectivity index (χ0v) is 14.8. The van der Waals surface area contributed by atoms with Gasteiger partial charge in [0.15, 0.2) is 5.78 Å². The lowest BCUT2D eigenvalue weighted by Gasteiger charge is -2.12. The standard InChI is InChI=1S/C17H20ClNO5/c1-5-23-16(21)13(11(4)20)9-19-14-8-6-7-12(15(14)18)17(22)24-10(2)3/h6-10,19H,5H2,1-4H3. The molecule has 24 heavy (non-hydrogen) atoms. The average molecular weight is 354 g/mol. The number of rotatable bonds is 7. The molecule has 6 nitrogen and oxygen atoms in total. The number of benzene rings is 1. The first-order chi connectivity index (χ1) is 11.3. The summed E-state index contributed by atoms with van der Waals surface area (Å²) >= 11 is 6.20. The summed E-state index contributed by atoms with van der Waals surface area (Å²) < 4.78 is 9.93. The van der Waals surface area contributed by atoms with E-state index in [-0.39, 0.29) is 28.9 Å². The van der Waals surface area contributed by atoms with E-state index in [1.165, 1.54) is 19.2 Å². The minimum Gasteiger partial charge on any atom is -0.462 e. The van der Waals surface area contributed by atoms with Crippen molar-refractivity contribution in [1.29, 1.82) is 0 Å². The molecule has 0 heterocycles. The van der Waals surface area contributed by atoms with Crippen molar-refractivity contribution in [3.05, 3.63) is 40.6 Å². The monoisotopic (exact) mass is 353 g/mol. The average Bonchev–Trinajstić information content (AvgIpc) is 2.48. The molecule has 0 saturated carbocycles. The summed E-state index contributed by atoms with van der Waals surface area (Å²) in [5, 5.41) is 2.89. The van der Waals surface area contributed by atoms with Crippen molar-refractivity contribution < 1.29 is 23.9 Å². The largest absolute Gasteiger partial charge is 0.462 e. The number of hydrogen-bond donors (Lipinski definition) is 1. The molecule has 0 spiro atoms. The Kier molecular flexibility index (Phi) is 7.45. The zero-order chi connectivity index (χ0) is 18.3. The van der Waals surface area contributed by atoms with Gasteiger partial charge in [-0.2, -0.15) is 0 Å². The first-order valence-corrected chi connectivity index (χ1v) is 7.80. The summed E-state index contributed by atoms with van der Waals surface area (Å²) in [6.45, 7) is 6.51. The van der Waals surface area contributed by atoms with Crippen molar-refractivity contribution in [3.8, 4) is 0 Å². The van der Waals surface area contributed by atoms with Gasteiger partial charge in [0.2, 0.25) is 0 Å². The summed E-state index contributed by atoms with van der Waals surface area (Å²) in [4.78, 5) is 35.3. The topological polar surface area (TPSA) is 81.7 Å². The maximum Gasteiger partial charge on any atom is 0.343 e.